The smallest absolute Gasteiger partial charge is 0.251 e. The Morgan fingerprint density at radius 1 is 1.20 bits per heavy atom. The molecule has 0 bridgehead atoms. The van der Waals surface area contributed by atoms with Crippen molar-refractivity contribution in [3.63, 3.8) is 0 Å². The third-order valence-corrected chi connectivity index (χ3v) is 5.33. The van der Waals surface area contributed by atoms with Gasteiger partial charge >= 0.3 is 0 Å². The fourth-order valence-corrected chi connectivity index (χ4v) is 3.88. The maximum Gasteiger partial charge on any atom is 0.251 e. The molecule has 0 unspecified atom stereocenters. The van der Waals surface area contributed by atoms with Gasteiger partial charge in [-0.25, -0.2) is 14.6 Å². The molecule has 7 nitrogen and oxygen atoms in total. The number of rotatable bonds is 9. The first-order valence-corrected chi connectivity index (χ1v) is 11.5. The second-order valence-corrected chi connectivity index (χ2v) is 9.19. The fourth-order valence-electron chi connectivity index (χ4n) is 2.79. The monoisotopic (exact) mass is 466 g/mol. The molecule has 1 aromatic carbocycles. The highest BCUT2D eigenvalue weighted by Crippen LogP contribution is 2.24. The summed E-state index contributed by atoms with van der Waals surface area (Å²) in [5, 5.41) is 13.1. The van der Waals surface area contributed by atoms with Crippen LogP contribution in [0, 0.1) is 5.92 Å². The van der Waals surface area contributed by atoms with Crippen LogP contribution < -0.4 is 10.6 Å². The molecule has 0 radical (unpaired) electrons. The van der Waals surface area contributed by atoms with Gasteiger partial charge in [0.2, 0.25) is 0 Å². The molecule has 0 atom stereocenters. The molecule has 30 heavy (non-hydrogen) atoms. The van der Waals surface area contributed by atoms with E-state index >= 15 is 0 Å². The molecular weight excluding hydrogens is 443 g/mol. The summed E-state index contributed by atoms with van der Waals surface area (Å²) in [4.78, 5) is 21.7. The second kappa shape index (κ2) is 10.3. The lowest BCUT2D eigenvalue weighted by atomic mass is 10.2. The lowest BCUT2D eigenvalue weighted by Crippen LogP contribution is -2.27. The quantitative estimate of drug-likeness (QED) is 0.349. The molecule has 0 aliphatic carbocycles. The zero-order valence-electron chi connectivity index (χ0n) is 17.1. The summed E-state index contributed by atoms with van der Waals surface area (Å²) >= 11 is 13.5. The zero-order chi connectivity index (χ0) is 21.7. The summed E-state index contributed by atoms with van der Waals surface area (Å²) in [7, 11) is 0. The van der Waals surface area contributed by atoms with Gasteiger partial charge in [-0.05, 0) is 29.9 Å². The average Bonchev–Trinajstić information content (AvgIpc) is 3.08. The predicted molar refractivity (Wildman–Crippen MR) is 124 cm³/mol. The molecule has 0 spiro atoms. The average molecular weight is 467 g/mol. The van der Waals surface area contributed by atoms with Crippen molar-refractivity contribution in [1.82, 2.24) is 25.1 Å². The molecule has 160 valence electrons. The number of carbonyl (C=O) groups is 1. The van der Waals surface area contributed by atoms with Gasteiger partial charge in [-0.15, -0.1) is 0 Å². The van der Waals surface area contributed by atoms with E-state index in [0.29, 0.717) is 39.8 Å². The van der Waals surface area contributed by atoms with E-state index in [2.05, 4.69) is 46.5 Å². The van der Waals surface area contributed by atoms with Gasteiger partial charge in [0.15, 0.2) is 10.8 Å². The highest BCUT2D eigenvalue weighted by molar-refractivity contribution is 7.99. The first kappa shape index (κ1) is 22.7. The Bertz CT molecular complexity index is 1020. The minimum atomic E-state index is -0.244. The molecule has 2 aromatic heterocycles. The Balaban J connectivity index is 1.74. The van der Waals surface area contributed by atoms with E-state index in [9.17, 15) is 4.79 Å². The summed E-state index contributed by atoms with van der Waals surface area (Å²) in [5.74, 6) is 1.91. The van der Waals surface area contributed by atoms with Gasteiger partial charge in [0.1, 0.15) is 5.82 Å². The van der Waals surface area contributed by atoms with Gasteiger partial charge in [0.25, 0.3) is 5.91 Å². The van der Waals surface area contributed by atoms with E-state index in [4.69, 9.17) is 23.2 Å². The topological polar surface area (TPSA) is 84.7 Å². The Morgan fingerprint density at radius 3 is 2.60 bits per heavy atom. The van der Waals surface area contributed by atoms with Crippen molar-refractivity contribution < 1.29 is 4.79 Å². The predicted octanol–water partition coefficient (Wildman–Crippen LogP) is 4.74. The number of anilines is 1. The van der Waals surface area contributed by atoms with Crippen LogP contribution in [-0.4, -0.2) is 44.5 Å². The maximum absolute atomic E-state index is 12.4. The van der Waals surface area contributed by atoms with Crippen LogP contribution >= 0.6 is 35.0 Å². The molecule has 1 amide bonds. The first-order valence-electron chi connectivity index (χ1n) is 9.72. The van der Waals surface area contributed by atoms with E-state index in [0.717, 1.165) is 29.1 Å². The van der Waals surface area contributed by atoms with Gasteiger partial charge in [-0.3, -0.25) is 4.79 Å². The number of hydrogen-bond donors (Lipinski definition) is 2. The van der Waals surface area contributed by atoms with E-state index in [1.165, 1.54) is 0 Å². The molecule has 0 aliphatic heterocycles. The molecule has 0 saturated heterocycles. The van der Waals surface area contributed by atoms with Crippen molar-refractivity contribution in [1.29, 1.82) is 0 Å². The number of amides is 1. The van der Waals surface area contributed by atoms with Gasteiger partial charge in [0, 0.05) is 28.7 Å². The van der Waals surface area contributed by atoms with E-state index < -0.39 is 0 Å². The van der Waals surface area contributed by atoms with Gasteiger partial charge in [-0.1, -0.05) is 55.7 Å². The standard InChI is InChI=1S/C20H24Cl2N6OS/c1-4-30-20-26-17(24-10-12(2)3)16-11-25-28(18(16)27-20)6-5-23-19(29)13-7-14(21)9-15(22)8-13/h7-9,11-12H,4-6,10H2,1-3H3,(H,23,29)(H,24,26,27). The third kappa shape index (κ3) is 5.77. The van der Waals surface area contributed by atoms with Crippen molar-refractivity contribution >= 4 is 57.7 Å². The SMILES string of the molecule is CCSc1nc(NCC(C)C)c2cnn(CCNC(=O)c3cc(Cl)cc(Cl)c3)c2n1. The molecule has 3 rings (SSSR count). The molecule has 0 aliphatic rings. The Labute approximate surface area is 189 Å². The lowest BCUT2D eigenvalue weighted by molar-refractivity contribution is 0.0952. The summed E-state index contributed by atoms with van der Waals surface area (Å²) in [6.07, 6.45) is 1.76. The van der Waals surface area contributed by atoms with Crippen molar-refractivity contribution in [3.8, 4) is 0 Å². The Hall–Kier alpha value is -2.03. The zero-order valence-corrected chi connectivity index (χ0v) is 19.4. The number of nitrogens with zero attached hydrogens (tertiary/aromatic N) is 4. The van der Waals surface area contributed by atoms with Gasteiger partial charge in [0.05, 0.1) is 18.1 Å². The molecular formula is C20H24Cl2N6OS. The van der Waals surface area contributed by atoms with Crippen molar-refractivity contribution in [3.05, 3.63) is 40.0 Å². The molecule has 0 saturated carbocycles. The van der Waals surface area contributed by atoms with Crippen LogP contribution in [-0.2, 0) is 6.54 Å². The van der Waals surface area contributed by atoms with Crippen molar-refractivity contribution in [2.24, 2.45) is 5.92 Å². The fraction of sp³-hybridized carbons (Fsp3) is 0.400. The van der Waals surface area contributed by atoms with E-state index in [-0.39, 0.29) is 5.91 Å². The number of carbonyl (C=O) groups excluding carboxylic acids is 1. The van der Waals surface area contributed by atoms with E-state index in [1.807, 2.05) is 0 Å². The number of thioether (sulfide) groups is 1. The summed E-state index contributed by atoms with van der Waals surface area (Å²) in [6.45, 7) is 8.02. The lowest BCUT2D eigenvalue weighted by Gasteiger charge is -2.11. The molecule has 2 N–H and O–H groups in total. The molecule has 0 fully saturated rings. The van der Waals surface area contributed by atoms with Crippen LogP contribution in [0.4, 0.5) is 5.82 Å². The van der Waals surface area contributed by atoms with Gasteiger partial charge < -0.3 is 10.6 Å². The van der Waals surface area contributed by atoms with Crippen LogP contribution in [0.25, 0.3) is 11.0 Å². The molecule has 3 aromatic rings. The van der Waals surface area contributed by atoms with E-state index in [1.54, 1.807) is 40.8 Å². The first-order chi connectivity index (χ1) is 14.4. The number of benzene rings is 1. The number of hydrogen-bond acceptors (Lipinski definition) is 6. The second-order valence-electron chi connectivity index (χ2n) is 7.08. The van der Waals surface area contributed by atoms with Crippen LogP contribution in [0.1, 0.15) is 31.1 Å². The minimum Gasteiger partial charge on any atom is -0.369 e. The summed E-state index contributed by atoms with van der Waals surface area (Å²) < 4.78 is 1.78. The highest BCUT2D eigenvalue weighted by atomic mass is 35.5. The number of nitrogens with one attached hydrogen (secondary N) is 2. The van der Waals surface area contributed by atoms with Crippen molar-refractivity contribution in [2.45, 2.75) is 32.5 Å². The number of halogens is 2. The van der Waals surface area contributed by atoms with Gasteiger partial charge in [-0.2, -0.15) is 5.10 Å². The number of aromatic nitrogens is 4. The van der Waals surface area contributed by atoms with Crippen molar-refractivity contribution in [2.75, 3.05) is 24.2 Å². The highest BCUT2D eigenvalue weighted by Gasteiger charge is 2.14. The third-order valence-electron chi connectivity index (χ3n) is 4.16. The summed E-state index contributed by atoms with van der Waals surface area (Å²) in [5.41, 5.74) is 1.16. The van der Waals surface area contributed by atoms with Crippen LogP contribution in [0.2, 0.25) is 10.0 Å². The molecule has 2 heterocycles. The Kier molecular flexibility index (Phi) is 7.80. The Morgan fingerprint density at radius 2 is 1.93 bits per heavy atom. The normalized spacial score (nSPS) is 11.3. The molecule has 10 heteroatoms. The maximum atomic E-state index is 12.4. The number of fused-ring (bicyclic) bond motifs is 1. The van der Waals surface area contributed by atoms with Crippen LogP contribution in [0.5, 0.6) is 0 Å². The largest absolute Gasteiger partial charge is 0.369 e. The minimum absolute atomic E-state index is 0.244. The van der Waals surface area contributed by atoms with Crippen LogP contribution in [0.3, 0.4) is 0 Å². The summed E-state index contributed by atoms with van der Waals surface area (Å²) in [6, 6.07) is 4.76. The van der Waals surface area contributed by atoms with Crippen LogP contribution in [0.15, 0.2) is 29.6 Å².